The number of hydrogen-bond donors (Lipinski definition) is 2. The van der Waals surface area contributed by atoms with Gasteiger partial charge in [0, 0.05) is 49.5 Å². The first kappa shape index (κ1) is 18.6. The normalized spacial score (nSPS) is 17.2. The molecule has 0 saturated carbocycles. The second-order valence-electron chi connectivity index (χ2n) is 7.32. The third-order valence-electron chi connectivity index (χ3n) is 5.18. The van der Waals surface area contributed by atoms with Crippen molar-refractivity contribution in [2.45, 2.75) is 33.4 Å². The largest absolute Gasteiger partial charge is 0.345 e. The maximum absolute atomic E-state index is 12.6. The molecule has 1 amide bonds. The number of amides is 1. The number of carbonyl (C=O) groups excluding carboxylic acids is 1. The fraction of sp³-hybridized carbons (Fsp3) is 0.500. The van der Waals surface area contributed by atoms with Crippen molar-refractivity contribution in [1.29, 1.82) is 0 Å². The minimum atomic E-state index is -0.0775. The Morgan fingerprint density at radius 1 is 1.19 bits per heavy atom. The van der Waals surface area contributed by atoms with Crippen LogP contribution in [0.5, 0.6) is 0 Å². The van der Waals surface area contributed by atoms with Crippen molar-refractivity contribution in [1.82, 2.24) is 25.3 Å². The standard InChI is InChI=1S/C20H29N5O/c1-14(19-15(2)22-23-16(19)3)21-20(26)18-7-5-17(6-8-18)13-25-11-9-24(4)10-12-25/h5-8,14H,9-13H2,1-4H3,(H,21,26)(H,22,23)/t14-/m0/s1. The highest BCUT2D eigenvalue weighted by molar-refractivity contribution is 5.94. The summed E-state index contributed by atoms with van der Waals surface area (Å²) in [6.07, 6.45) is 0. The second-order valence-corrected chi connectivity index (χ2v) is 7.32. The van der Waals surface area contributed by atoms with E-state index < -0.39 is 0 Å². The van der Waals surface area contributed by atoms with Crippen LogP contribution < -0.4 is 5.32 Å². The van der Waals surface area contributed by atoms with Crippen LogP contribution in [0.1, 0.15) is 45.8 Å². The predicted octanol–water partition coefficient (Wildman–Crippen LogP) is 2.26. The van der Waals surface area contributed by atoms with E-state index in [1.807, 2.05) is 32.9 Å². The van der Waals surface area contributed by atoms with Crippen molar-refractivity contribution in [2.24, 2.45) is 0 Å². The van der Waals surface area contributed by atoms with Gasteiger partial charge in [0.1, 0.15) is 0 Å². The Kier molecular flexibility index (Phi) is 5.74. The zero-order valence-electron chi connectivity index (χ0n) is 16.2. The van der Waals surface area contributed by atoms with E-state index in [-0.39, 0.29) is 11.9 Å². The summed E-state index contributed by atoms with van der Waals surface area (Å²) < 4.78 is 0. The Labute approximate surface area is 155 Å². The van der Waals surface area contributed by atoms with Crippen molar-refractivity contribution >= 4 is 5.91 Å². The molecule has 1 saturated heterocycles. The van der Waals surface area contributed by atoms with Crippen LogP contribution in [0.3, 0.4) is 0 Å². The van der Waals surface area contributed by atoms with E-state index >= 15 is 0 Å². The maximum atomic E-state index is 12.6. The predicted molar refractivity (Wildman–Crippen MR) is 103 cm³/mol. The number of carbonyl (C=O) groups is 1. The summed E-state index contributed by atoms with van der Waals surface area (Å²) in [7, 11) is 2.16. The van der Waals surface area contributed by atoms with Gasteiger partial charge in [-0.3, -0.25) is 14.8 Å². The maximum Gasteiger partial charge on any atom is 0.251 e. The van der Waals surface area contributed by atoms with E-state index in [0.717, 1.165) is 49.7 Å². The minimum Gasteiger partial charge on any atom is -0.345 e. The molecule has 1 aromatic heterocycles. The summed E-state index contributed by atoms with van der Waals surface area (Å²) in [5.41, 5.74) is 4.93. The van der Waals surface area contributed by atoms with E-state index in [0.29, 0.717) is 5.56 Å². The van der Waals surface area contributed by atoms with E-state index in [4.69, 9.17) is 0 Å². The monoisotopic (exact) mass is 355 g/mol. The topological polar surface area (TPSA) is 64.3 Å². The fourth-order valence-electron chi connectivity index (χ4n) is 3.58. The van der Waals surface area contributed by atoms with E-state index in [9.17, 15) is 4.79 Å². The Morgan fingerprint density at radius 3 is 2.42 bits per heavy atom. The number of benzene rings is 1. The average molecular weight is 355 g/mol. The summed E-state index contributed by atoms with van der Waals surface area (Å²) in [4.78, 5) is 17.4. The number of aromatic amines is 1. The average Bonchev–Trinajstić information content (AvgIpc) is 2.96. The van der Waals surface area contributed by atoms with Crippen LogP contribution in [0.25, 0.3) is 0 Å². The third-order valence-corrected chi connectivity index (χ3v) is 5.18. The van der Waals surface area contributed by atoms with Crippen LogP contribution in [0.4, 0.5) is 0 Å². The molecule has 26 heavy (non-hydrogen) atoms. The lowest BCUT2D eigenvalue weighted by Crippen LogP contribution is -2.43. The molecule has 1 atom stereocenters. The number of nitrogens with zero attached hydrogens (tertiary/aromatic N) is 3. The molecule has 6 nitrogen and oxygen atoms in total. The van der Waals surface area contributed by atoms with Gasteiger partial charge in [-0.05, 0) is 45.5 Å². The highest BCUT2D eigenvalue weighted by Crippen LogP contribution is 2.19. The van der Waals surface area contributed by atoms with Crippen LogP contribution in [-0.2, 0) is 6.54 Å². The Bertz CT molecular complexity index is 725. The lowest BCUT2D eigenvalue weighted by atomic mass is 10.1. The van der Waals surface area contributed by atoms with Crippen LogP contribution in [-0.4, -0.2) is 59.1 Å². The first-order valence-electron chi connectivity index (χ1n) is 9.26. The van der Waals surface area contributed by atoms with Crippen LogP contribution in [0, 0.1) is 13.8 Å². The van der Waals surface area contributed by atoms with Crippen molar-refractivity contribution in [3.63, 3.8) is 0 Å². The molecule has 0 unspecified atom stereocenters. The number of H-pyrrole nitrogens is 1. The molecule has 0 bridgehead atoms. The Morgan fingerprint density at radius 2 is 1.85 bits per heavy atom. The molecule has 2 N–H and O–H groups in total. The molecule has 2 aromatic rings. The SMILES string of the molecule is Cc1n[nH]c(C)c1[C@H](C)NC(=O)c1ccc(CN2CCN(C)CC2)cc1. The van der Waals surface area contributed by atoms with Gasteiger partial charge in [-0.15, -0.1) is 0 Å². The first-order chi connectivity index (χ1) is 12.4. The molecule has 3 rings (SSSR count). The van der Waals surface area contributed by atoms with Gasteiger partial charge in [0.25, 0.3) is 5.91 Å². The fourth-order valence-corrected chi connectivity index (χ4v) is 3.58. The lowest BCUT2D eigenvalue weighted by molar-refractivity contribution is 0.0939. The molecular weight excluding hydrogens is 326 g/mol. The van der Waals surface area contributed by atoms with Crippen molar-refractivity contribution in [2.75, 3.05) is 33.2 Å². The molecule has 140 valence electrons. The molecule has 0 spiro atoms. The van der Waals surface area contributed by atoms with E-state index in [1.165, 1.54) is 5.56 Å². The van der Waals surface area contributed by atoms with E-state index in [2.05, 4.69) is 44.5 Å². The summed E-state index contributed by atoms with van der Waals surface area (Å²) in [6.45, 7) is 11.3. The molecule has 1 aliphatic rings. The van der Waals surface area contributed by atoms with Gasteiger partial charge in [-0.2, -0.15) is 5.10 Å². The van der Waals surface area contributed by atoms with Crippen molar-refractivity contribution in [3.8, 4) is 0 Å². The molecule has 0 aliphatic carbocycles. The molecular formula is C20H29N5O. The third kappa shape index (κ3) is 4.31. The first-order valence-corrected chi connectivity index (χ1v) is 9.26. The van der Waals surface area contributed by atoms with Crippen molar-refractivity contribution < 1.29 is 4.79 Å². The van der Waals surface area contributed by atoms with Gasteiger partial charge < -0.3 is 10.2 Å². The Hall–Kier alpha value is -2.18. The molecule has 2 heterocycles. The van der Waals surface area contributed by atoms with Gasteiger partial charge in [0.05, 0.1) is 11.7 Å². The lowest BCUT2D eigenvalue weighted by Gasteiger charge is -2.32. The number of likely N-dealkylation sites (N-methyl/N-ethyl adjacent to an activating group) is 1. The quantitative estimate of drug-likeness (QED) is 0.864. The molecule has 1 aliphatic heterocycles. The summed E-state index contributed by atoms with van der Waals surface area (Å²) in [5.74, 6) is -0.0522. The molecule has 0 radical (unpaired) electrons. The van der Waals surface area contributed by atoms with Crippen LogP contribution in [0.15, 0.2) is 24.3 Å². The molecule has 6 heteroatoms. The Balaban J connectivity index is 1.58. The van der Waals surface area contributed by atoms with E-state index in [1.54, 1.807) is 0 Å². The summed E-state index contributed by atoms with van der Waals surface area (Å²) >= 11 is 0. The molecule has 1 aromatic carbocycles. The van der Waals surface area contributed by atoms with Gasteiger partial charge in [-0.1, -0.05) is 12.1 Å². The van der Waals surface area contributed by atoms with Crippen LogP contribution >= 0.6 is 0 Å². The second kappa shape index (κ2) is 8.01. The number of aromatic nitrogens is 2. The van der Waals surface area contributed by atoms with Gasteiger partial charge in [0.2, 0.25) is 0 Å². The van der Waals surface area contributed by atoms with Gasteiger partial charge >= 0.3 is 0 Å². The number of nitrogens with one attached hydrogen (secondary N) is 2. The van der Waals surface area contributed by atoms with Gasteiger partial charge in [-0.25, -0.2) is 0 Å². The number of piperazine rings is 1. The van der Waals surface area contributed by atoms with Crippen molar-refractivity contribution in [3.05, 3.63) is 52.3 Å². The van der Waals surface area contributed by atoms with Crippen LogP contribution in [0.2, 0.25) is 0 Å². The summed E-state index contributed by atoms with van der Waals surface area (Å²) in [6, 6.07) is 7.88. The highest BCUT2D eigenvalue weighted by atomic mass is 16.1. The minimum absolute atomic E-state index is 0.0522. The summed E-state index contributed by atoms with van der Waals surface area (Å²) in [5, 5.41) is 10.2. The number of aryl methyl sites for hydroxylation is 2. The van der Waals surface area contributed by atoms with Gasteiger partial charge in [0.15, 0.2) is 0 Å². The molecule has 1 fully saturated rings. The highest BCUT2D eigenvalue weighted by Gasteiger charge is 2.18. The zero-order chi connectivity index (χ0) is 18.7. The smallest absolute Gasteiger partial charge is 0.251 e. The number of hydrogen-bond acceptors (Lipinski definition) is 4. The number of rotatable bonds is 5. The zero-order valence-corrected chi connectivity index (χ0v) is 16.2.